The van der Waals surface area contributed by atoms with Crippen LogP contribution in [0.4, 0.5) is 0 Å². The number of hydrogen-bond acceptors (Lipinski definition) is 5. The van der Waals surface area contributed by atoms with Crippen LogP contribution in [-0.4, -0.2) is 32.5 Å². The van der Waals surface area contributed by atoms with Crippen LogP contribution in [0.25, 0.3) is 16.8 Å². The molecule has 5 nitrogen and oxygen atoms in total. The Balaban J connectivity index is 0.00000240. The molecule has 0 aliphatic rings. The lowest BCUT2D eigenvalue weighted by molar-refractivity contribution is -0.00000566. The highest BCUT2D eigenvalue weighted by molar-refractivity contribution is 7.99. The molecule has 4 aromatic rings. The highest BCUT2D eigenvalue weighted by atomic mass is 35.5. The summed E-state index contributed by atoms with van der Waals surface area (Å²) in [6.45, 7) is 1.73. The van der Waals surface area contributed by atoms with Gasteiger partial charge in [0.1, 0.15) is 0 Å². The molecule has 1 N–H and O–H groups in total. The second-order valence-electron chi connectivity index (χ2n) is 6.30. The normalized spacial score (nSPS) is 10.5. The van der Waals surface area contributed by atoms with E-state index in [1.54, 1.807) is 16.4 Å². The smallest absolute Gasteiger partial charge is 0.214 e. The minimum absolute atomic E-state index is 0. The van der Waals surface area contributed by atoms with Gasteiger partial charge in [-0.2, -0.15) is 4.68 Å². The van der Waals surface area contributed by atoms with Crippen molar-refractivity contribution in [3.05, 3.63) is 90.5 Å². The van der Waals surface area contributed by atoms with Crippen molar-refractivity contribution in [2.24, 2.45) is 0 Å². The van der Waals surface area contributed by atoms with E-state index in [-0.39, 0.29) is 12.4 Å². The van der Waals surface area contributed by atoms with Gasteiger partial charge in [0.15, 0.2) is 0 Å². The molecule has 3 aromatic carbocycles. The van der Waals surface area contributed by atoms with Crippen molar-refractivity contribution in [1.82, 2.24) is 25.5 Å². The molecule has 0 amide bonds. The molecule has 7 heteroatoms. The van der Waals surface area contributed by atoms with Gasteiger partial charge in [-0.05, 0) is 39.2 Å². The number of halogens is 1. The van der Waals surface area contributed by atoms with Crippen molar-refractivity contribution in [3.63, 3.8) is 0 Å². The summed E-state index contributed by atoms with van der Waals surface area (Å²) in [5.41, 5.74) is 4.74. The first-order valence-corrected chi connectivity index (χ1v) is 10.2. The van der Waals surface area contributed by atoms with Gasteiger partial charge in [0, 0.05) is 18.8 Å². The molecule has 1 aromatic heterocycles. The van der Waals surface area contributed by atoms with Gasteiger partial charge < -0.3 is 17.7 Å². The number of para-hydroxylation sites is 1. The topological polar surface area (TPSA) is 55.6 Å². The van der Waals surface area contributed by atoms with Crippen LogP contribution in [0, 0.1) is 0 Å². The van der Waals surface area contributed by atoms with Crippen LogP contribution in [-0.2, 0) is 6.54 Å². The molecule has 0 atom stereocenters. The molecule has 148 valence electrons. The summed E-state index contributed by atoms with van der Waals surface area (Å²) in [6.07, 6.45) is 0. The van der Waals surface area contributed by atoms with E-state index >= 15 is 0 Å². The molecular weight excluding hydrogens is 402 g/mol. The van der Waals surface area contributed by atoms with E-state index in [0.717, 1.165) is 29.7 Å². The SMILES string of the molecule is [Cl-].c1ccc(-c2ccc(CNCCSc3nnnn3-c3ccccc3)cc2)cc1. The average Bonchev–Trinajstić information content (AvgIpc) is 3.24. The number of benzene rings is 3. The lowest BCUT2D eigenvalue weighted by Gasteiger charge is -2.07. The first-order chi connectivity index (χ1) is 13.9. The zero-order valence-electron chi connectivity index (χ0n) is 15.8. The Morgan fingerprint density at radius 3 is 2.17 bits per heavy atom. The number of nitrogens with one attached hydrogen (secondary N) is 1. The van der Waals surface area contributed by atoms with Crippen molar-refractivity contribution in [2.45, 2.75) is 11.7 Å². The summed E-state index contributed by atoms with van der Waals surface area (Å²) in [6, 6.07) is 29.1. The van der Waals surface area contributed by atoms with E-state index in [4.69, 9.17) is 0 Å². The minimum atomic E-state index is 0. The number of nitrogens with zero attached hydrogens (tertiary/aromatic N) is 4. The van der Waals surface area contributed by atoms with E-state index in [9.17, 15) is 0 Å². The molecule has 0 unspecified atom stereocenters. The van der Waals surface area contributed by atoms with E-state index in [1.807, 2.05) is 36.4 Å². The summed E-state index contributed by atoms with van der Waals surface area (Å²) < 4.78 is 1.77. The Morgan fingerprint density at radius 2 is 1.45 bits per heavy atom. The lowest BCUT2D eigenvalue weighted by atomic mass is 10.0. The quantitative estimate of drug-likeness (QED) is 0.342. The van der Waals surface area contributed by atoms with Gasteiger partial charge in [-0.3, -0.25) is 0 Å². The van der Waals surface area contributed by atoms with Crippen LogP contribution in [0.3, 0.4) is 0 Å². The summed E-state index contributed by atoms with van der Waals surface area (Å²) in [4.78, 5) is 0. The van der Waals surface area contributed by atoms with E-state index in [1.165, 1.54) is 16.7 Å². The second-order valence-corrected chi connectivity index (χ2v) is 7.36. The predicted octanol–water partition coefficient (Wildman–Crippen LogP) is 1.22. The third-order valence-electron chi connectivity index (χ3n) is 4.34. The molecule has 1 heterocycles. The summed E-state index contributed by atoms with van der Waals surface area (Å²) in [5, 5.41) is 16.3. The minimum Gasteiger partial charge on any atom is -1.00 e. The second kappa shape index (κ2) is 10.8. The Kier molecular flexibility index (Phi) is 7.81. The third kappa shape index (κ3) is 5.67. The fourth-order valence-corrected chi connectivity index (χ4v) is 3.68. The Morgan fingerprint density at radius 1 is 0.793 bits per heavy atom. The Labute approximate surface area is 181 Å². The molecule has 0 aliphatic heterocycles. The van der Waals surface area contributed by atoms with Gasteiger partial charge in [-0.25, -0.2) is 0 Å². The lowest BCUT2D eigenvalue weighted by Crippen LogP contribution is -3.00. The van der Waals surface area contributed by atoms with Crippen molar-refractivity contribution in [3.8, 4) is 16.8 Å². The van der Waals surface area contributed by atoms with Gasteiger partial charge in [0.25, 0.3) is 0 Å². The van der Waals surface area contributed by atoms with Crippen molar-refractivity contribution in [2.75, 3.05) is 12.3 Å². The maximum Gasteiger partial charge on any atom is 0.214 e. The zero-order valence-corrected chi connectivity index (χ0v) is 17.4. The van der Waals surface area contributed by atoms with Gasteiger partial charge in [-0.15, -0.1) is 5.10 Å². The van der Waals surface area contributed by atoms with E-state index in [0.29, 0.717) is 0 Å². The number of rotatable bonds is 8. The average molecular weight is 423 g/mol. The van der Waals surface area contributed by atoms with E-state index in [2.05, 4.69) is 69.4 Å². The van der Waals surface area contributed by atoms with E-state index < -0.39 is 0 Å². The molecule has 0 aliphatic carbocycles. The molecule has 0 saturated carbocycles. The van der Waals surface area contributed by atoms with Gasteiger partial charge >= 0.3 is 0 Å². The monoisotopic (exact) mass is 422 g/mol. The van der Waals surface area contributed by atoms with Crippen LogP contribution in [0.1, 0.15) is 5.56 Å². The third-order valence-corrected chi connectivity index (χ3v) is 5.26. The largest absolute Gasteiger partial charge is 1.00 e. The Hall–Kier alpha value is -2.67. The molecule has 0 fully saturated rings. The van der Waals surface area contributed by atoms with Crippen LogP contribution in [0.15, 0.2) is 90.1 Å². The van der Waals surface area contributed by atoms with Gasteiger partial charge in [0.05, 0.1) is 5.69 Å². The fraction of sp³-hybridized carbons (Fsp3) is 0.136. The van der Waals surface area contributed by atoms with Crippen LogP contribution >= 0.6 is 11.8 Å². The van der Waals surface area contributed by atoms with Crippen LogP contribution < -0.4 is 17.7 Å². The molecule has 4 rings (SSSR count). The molecular formula is C22H21ClN5S-. The molecule has 0 radical (unpaired) electrons. The number of tetrazole rings is 1. The molecule has 0 bridgehead atoms. The number of hydrogen-bond donors (Lipinski definition) is 1. The fourth-order valence-electron chi connectivity index (χ4n) is 2.89. The first kappa shape index (κ1) is 21.0. The van der Waals surface area contributed by atoms with Gasteiger partial charge in [0.2, 0.25) is 5.16 Å². The van der Waals surface area contributed by atoms with Crippen molar-refractivity contribution in [1.29, 1.82) is 0 Å². The van der Waals surface area contributed by atoms with Crippen molar-refractivity contribution >= 4 is 11.8 Å². The number of aromatic nitrogens is 4. The zero-order chi connectivity index (χ0) is 19.0. The van der Waals surface area contributed by atoms with Crippen LogP contribution in [0.2, 0.25) is 0 Å². The maximum atomic E-state index is 4.12. The Bertz CT molecular complexity index is 991. The maximum absolute atomic E-state index is 4.12. The highest BCUT2D eigenvalue weighted by Gasteiger charge is 2.08. The summed E-state index contributed by atoms with van der Waals surface area (Å²) in [5.74, 6) is 0.898. The van der Waals surface area contributed by atoms with Crippen LogP contribution in [0.5, 0.6) is 0 Å². The highest BCUT2D eigenvalue weighted by Crippen LogP contribution is 2.19. The van der Waals surface area contributed by atoms with Gasteiger partial charge in [-0.1, -0.05) is 84.6 Å². The standard InChI is InChI=1S/C22H21N5S.ClH/c1-3-7-19(8-4-1)20-13-11-18(12-14-20)17-23-15-16-28-22-24-25-26-27(22)21-9-5-2-6-10-21;/h1-14,23H,15-17H2;1H/p-1. The summed E-state index contributed by atoms with van der Waals surface area (Å²) in [7, 11) is 0. The van der Waals surface area contributed by atoms with Crippen molar-refractivity contribution < 1.29 is 12.4 Å². The number of thioether (sulfide) groups is 1. The molecule has 0 saturated heterocycles. The predicted molar refractivity (Wildman–Crippen MR) is 113 cm³/mol. The summed E-state index contributed by atoms with van der Waals surface area (Å²) >= 11 is 1.65. The molecule has 29 heavy (non-hydrogen) atoms. The first-order valence-electron chi connectivity index (χ1n) is 9.22. The molecule has 0 spiro atoms.